The van der Waals surface area contributed by atoms with Gasteiger partial charge in [0.1, 0.15) is 4.90 Å². The van der Waals surface area contributed by atoms with Gasteiger partial charge in [0.25, 0.3) is 0 Å². The number of nitrogens with zero attached hydrogens (tertiary/aromatic N) is 2. The predicted molar refractivity (Wildman–Crippen MR) is 70.7 cm³/mol. The lowest BCUT2D eigenvalue weighted by molar-refractivity contribution is 0.430. The van der Waals surface area contributed by atoms with Gasteiger partial charge < -0.3 is 10.3 Å². The lowest BCUT2D eigenvalue weighted by Gasteiger charge is -2.25. The second-order valence-electron chi connectivity index (χ2n) is 4.54. The van der Waals surface area contributed by atoms with Crippen LogP contribution in [-0.2, 0) is 33.5 Å². The highest BCUT2D eigenvalue weighted by atomic mass is 32.2. The first-order chi connectivity index (χ1) is 8.76. The van der Waals surface area contributed by atoms with Gasteiger partial charge in [0.2, 0.25) is 10.0 Å². The molecule has 2 N–H and O–H groups in total. The first kappa shape index (κ1) is 14.5. The third-order valence-corrected chi connectivity index (χ3v) is 6.71. The Morgan fingerprint density at radius 1 is 1.32 bits per heavy atom. The number of hydrogen-bond donors (Lipinski definition) is 1. The summed E-state index contributed by atoms with van der Waals surface area (Å²) in [5.74, 6) is -0.244. The molecule has 1 aliphatic rings. The van der Waals surface area contributed by atoms with Crippen molar-refractivity contribution in [3.8, 4) is 0 Å². The molecule has 0 amide bonds. The second kappa shape index (κ2) is 4.89. The third kappa shape index (κ3) is 2.83. The molecule has 0 bridgehead atoms. The van der Waals surface area contributed by atoms with Crippen molar-refractivity contribution in [2.24, 2.45) is 12.8 Å². The molecule has 0 atom stereocenters. The molecule has 2 rings (SSSR count). The molecule has 0 aromatic carbocycles. The van der Waals surface area contributed by atoms with Crippen molar-refractivity contribution in [1.82, 2.24) is 8.87 Å². The largest absolute Gasteiger partial charge is 0.352 e. The van der Waals surface area contributed by atoms with Crippen LogP contribution in [0.15, 0.2) is 17.2 Å². The fraction of sp³-hybridized carbons (Fsp3) is 0.600. The smallest absolute Gasteiger partial charge is 0.244 e. The maximum absolute atomic E-state index is 12.4. The molecule has 0 radical (unpaired) electrons. The van der Waals surface area contributed by atoms with Gasteiger partial charge in [0, 0.05) is 38.6 Å². The van der Waals surface area contributed by atoms with Gasteiger partial charge in [0.05, 0.1) is 11.5 Å². The number of sulfone groups is 1. The average molecular weight is 307 g/mol. The number of aromatic nitrogens is 1. The molecule has 0 unspecified atom stereocenters. The van der Waals surface area contributed by atoms with Crippen LogP contribution in [0.1, 0.15) is 5.69 Å². The van der Waals surface area contributed by atoms with E-state index in [2.05, 4.69) is 0 Å². The normalized spacial score (nSPS) is 20.5. The van der Waals surface area contributed by atoms with Crippen LogP contribution in [0.2, 0.25) is 0 Å². The number of nitrogens with two attached hydrogens (primary N) is 1. The molecule has 1 saturated heterocycles. The van der Waals surface area contributed by atoms with E-state index >= 15 is 0 Å². The van der Waals surface area contributed by atoms with Crippen molar-refractivity contribution < 1.29 is 16.8 Å². The van der Waals surface area contributed by atoms with Crippen LogP contribution in [0.5, 0.6) is 0 Å². The highest BCUT2D eigenvalue weighted by molar-refractivity contribution is 7.92. The maximum Gasteiger partial charge on any atom is 0.244 e. The lowest BCUT2D eigenvalue weighted by Crippen LogP contribution is -2.43. The molecule has 1 aliphatic heterocycles. The van der Waals surface area contributed by atoms with Gasteiger partial charge in [-0.3, -0.25) is 0 Å². The van der Waals surface area contributed by atoms with Gasteiger partial charge in [0.15, 0.2) is 9.84 Å². The minimum atomic E-state index is -3.63. The summed E-state index contributed by atoms with van der Waals surface area (Å²) in [4.78, 5) is 0.162. The zero-order valence-electron chi connectivity index (χ0n) is 10.6. The van der Waals surface area contributed by atoms with Gasteiger partial charge in [-0.05, 0) is 6.07 Å². The molecular weight excluding hydrogens is 290 g/mol. The average Bonchev–Trinajstić information content (AvgIpc) is 2.70. The molecule has 2 heterocycles. The van der Waals surface area contributed by atoms with Crippen molar-refractivity contribution in [2.75, 3.05) is 24.6 Å². The van der Waals surface area contributed by atoms with Crippen LogP contribution in [0, 0.1) is 0 Å². The topological polar surface area (TPSA) is 102 Å². The van der Waals surface area contributed by atoms with E-state index in [1.165, 1.54) is 16.6 Å². The lowest BCUT2D eigenvalue weighted by atomic mass is 10.4. The Labute approximate surface area is 113 Å². The minimum Gasteiger partial charge on any atom is -0.352 e. The van der Waals surface area contributed by atoms with E-state index in [4.69, 9.17) is 5.73 Å². The van der Waals surface area contributed by atoms with Crippen molar-refractivity contribution in [1.29, 1.82) is 0 Å². The molecule has 1 aromatic heterocycles. The van der Waals surface area contributed by atoms with Crippen molar-refractivity contribution in [3.05, 3.63) is 18.0 Å². The Morgan fingerprint density at radius 2 is 1.89 bits per heavy atom. The van der Waals surface area contributed by atoms with Crippen molar-refractivity contribution in [2.45, 2.75) is 11.4 Å². The SMILES string of the molecule is Cn1cc(S(=O)(=O)N2CCS(=O)(=O)CC2)cc1CN. The van der Waals surface area contributed by atoms with E-state index in [1.807, 2.05) is 0 Å². The van der Waals surface area contributed by atoms with Crippen LogP contribution >= 0.6 is 0 Å². The van der Waals surface area contributed by atoms with E-state index in [0.717, 1.165) is 0 Å². The number of hydrogen-bond acceptors (Lipinski definition) is 5. The van der Waals surface area contributed by atoms with Gasteiger partial charge >= 0.3 is 0 Å². The number of aryl methyl sites for hydroxylation is 1. The highest BCUT2D eigenvalue weighted by Crippen LogP contribution is 2.20. The Hall–Kier alpha value is -0.900. The Morgan fingerprint density at radius 3 is 2.37 bits per heavy atom. The molecule has 19 heavy (non-hydrogen) atoms. The Balaban J connectivity index is 2.28. The van der Waals surface area contributed by atoms with Gasteiger partial charge in [-0.25, -0.2) is 16.8 Å². The number of sulfonamides is 1. The highest BCUT2D eigenvalue weighted by Gasteiger charge is 2.31. The van der Waals surface area contributed by atoms with Gasteiger partial charge in [-0.2, -0.15) is 4.31 Å². The van der Waals surface area contributed by atoms with Crippen molar-refractivity contribution >= 4 is 19.9 Å². The van der Waals surface area contributed by atoms with Gasteiger partial charge in [-0.15, -0.1) is 0 Å². The summed E-state index contributed by atoms with van der Waals surface area (Å²) >= 11 is 0. The zero-order valence-corrected chi connectivity index (χ0v) is 12.2. The minimum absolute atomic E-state index is 0.0114. The summed E-state index contributed by atoms with van der Waals surface area (Å²) in [5.41, 5.74) is 6.22. The van der Waals surface area contributed by atoms with Crippen molar-refractivity contribution in [3.63, 3.8) is 0 Å². The molecule has 0 aliphatic carbocycles. The van der Waals surface area contributed by atoms with Crippen LogP contribution in [-0.4, -0.2) is 50.3 Å². The Bertz CT molecular complexity index is 662. The quantitative estimate of drug-likeness (QED) is 0.764. The monoisotopic (exact) mass is 307 g/mol. The molecule has 9 heteroatoms. The molecular formula is C10H17N3O4S2. The number of rotatable bonds is 3. The van der Waals surface area contributed by atoms with E-state index < -0.39 is 19.9 Å². The fourth-order valence-electron chi connectivity index (χ4n) is 2.01. The molecule has 0 spiro atoms. The fourth-order valence-corrected chi connectivity index (χ4v) is 4.98. The summed E-state index contributed by atoms with van der Waals surface area (Å²) < 4.78 is 50.2. The molecule has 0 saturated carbocycles. The molecule has 108 valence electrons. The third-order valence-electron chi connectivity index (χ3n) is 3.23. The molecule has 1 aromatic rings. The first-order valence-corrected chi connectivity index (χ1v) is 9.08. The predicted octanol–water partition coefficient (Wildman–Crippen LogP) is -1.10. The van der Waals surface area contributed by atoms with Crippen LogP contribution in [0.4, 0.5) is 0 Å². The summed E-state index contributed by atoms with van der Waals surface area (Å²) in [6, 6.07) is 1.53. The van der Waals surface area contributed by atoms with Crippen LogP contribution in [0.3, 0.4) is 0 Å². The summed E-state index contributed by atoms with van der Waals surface area (Å²) in [6.45, 7) is 0.273. The van der Waals surface area contributed by atoms with E-state index in [0.29, 0.717) is 5.69 Å². The zero-order chi connectivity index (χ0) is 14.3. The van der Waals surface area contributed by atoms with Crippen LogP contribution in [0.25, 0.3) is 0 Å². The second-order valence-corrected chi connectivity index (χ2v) is 8.78. The standard InChI is InChI=1S/C10H17N3O4S2/c1-12-8-10(6-9(12)7-11)19(16,17)13-2-4-18(14,15)5-3-13/h6,8H,2-5,7,11H2,1H3. The first-order valence-electron chi connectivity index (χ1n) is 5.82. The van der Waals surface area contributed by atoms with Gasteiger partial charge in [-0.1, -0.05) is 0 Å². The van der Waals surface area contributed by atoms with Crippen LogP contribution < -0.4 is 5.73 Å². The van der Waals surface area contributed by atoms with E-state index in [1.54, 1.807) is 11.6 Å². The summed E-state index contributed by atoms with van der Waals surface area (Å²) in [5, 5.41) is 0. The maximum atomic E-state index is 12.4. The Kier molecular flexibility index (Phi) is 3.74. The summed E-state index contributed by atoms with van der Waals surface area (Å²) in [7, 11) is -5.00. The van der Waals surface area contributed by atoms with E-state index in [9.17, 15) is 16.8 Å². The van der Waals surface area contributed by atoms with E-state index in [-0.39, 0.29) is 36.0 Å². The molecule has 7 nitrogen and oxygen atoms in total. The summed E-state index contributed by atoms with van der Waals surface area (Å²) in [6.07, 6.45) is 1.50. The molecule has 1 fully saturated rings.